The number of hydrogen-bond acceptors (Lipinski definition) is 7. The third kappa shape index (κ3) is 2.42. The summed E-state index contributed by atoms with van der Waals surface area (Å²) in [5.74, 6) is 0.452. The molecule has 2 fully saturated rings. The molecule has 5 rings (SSSR count). The summed E-state index contributed by atoms with van der Waals surface area (Å²) in [6.07, 6.45) is 7.87. The number of fused-ring (bicyclic) bond motifs is 2. The minimum atomic E-state index is -0.488. The number of hydrogen-bond donors (Lipinski definition) is 2. The van der Waals surface area contributed by atoms with Crippen LogP contribution in [0.25, 0.3) is 16.7 Å². The van der Waals surface area contributed by atoms with Crippen LogP contribution in [0.15, 0.2) is 36.3 Å². The van der Waals surface area contributed by atoms with Gasteiger partial charge in [-0.3, -0.25) is 0 Å². The Morgan fingerprint density at radius 1 is 1.23 bits per heavy atom. The van der Waals surface area contributed by atoms with E-state index in [-0.39, 0.29) is 31.7 Å². The highest BCUT2D eigenvalue weighted by Gasteiger charge is 2.62. The normalized spacial score (nSPS) is 32.9. The van der Waals surface area contributed by atoms with Crippen LogP contribution in [-0.4, -0.2) is 58.0 Å². The number of allylic oxidation sites excluding steroid dienone is 2. The van der Waals surface area contributed by atoms with E-state index in [1.54, 1.807) is 0 Å². The largest absolute Gasteiger partial charge is 0.392 e. The molecule has 4 heterocycles. The van der Waals surface area contributed by atoms with Gasteiger partial charge in [0.05, 0.1) is 24.7 Å². The average molecular weight is 412 g/mol. The van der Waals surface area contributed by atoms with Crippen molar-refractivity contribution in [1.82, 2.24) is 14.5 Å². The first-order valence-corrected chi connectivity index (χ1v) is 10.4. The van der Waals surface area contributed by atoms with Crippen molar-refractivity contribution >= 4 is 22.5 Å². The standard InChI is InChI=1S/C22H28N4O4/c1-4-22(18-17-15(10-28-18)29-12-30-17)16(6-5-13(9-27)21(22,2)3)26-8-7-14-19(23)24-11-25-20(14)26/h5-8,11,15,17-18,27H,4,9-10,12H2,1-3H3,(H2,23,24,25)/t15-,17+,18+,22?/m1/s1. The molecule has 3 N–H and O–H groups in total. The van der Waals surface area contributed by atoms with Crippen LogP contribution in [-0.2, 0) is 14.2 Å². The number of ether oxygens (including phenoxy) is 3. The lowest BCUT2D eigenvalue weighted by atomic mass is 9.53. The maximum Gasteiger partial charge on any atom is 0.149 e. The first kappa shape index (κ1) is 19.7. The van der Waals surface area contributed by atoms with Crippen LogP contribution in [0, 0.1) is 10.8 Å². The van der Waals surface area contributed by atoms with E-state index >= 15 is 0 Å². The quantitative estimate of drug-likeness (QED) is 0.794. The van der Waals surface area contributed by atoms with Crippen molar-refractivity contribution in [2.75, 3.05) is 25.7 Å². The highest BCUT2D eigenvalue weighted by molar-refractivity contribution is 5.89. The Bertz CT molecular complexity index is 1040. The molecule has 0 bridgehead atoms. The Morgan fingerprint density at radius 3 is 2.83 bits per heavy atom. The lowest BCUT2D eigenvalue weighted by Crippen LogP contribution is -2.55. The number of aliphatic hydroxyl groups excluding tert-OH is 1. The summed E-state index contributed by atoms with van der Waals surface area (Å²) in [7, 11) is 0. The fraction of sp³-hybridized carbons (Fsp3) is 0.545. The minimum absolute atomic E-state index is 0.0156. The summed E-state index contributed by atoms with van der Waals surface area (Å²) in [6.45, 7) is 7.28. The number of anilines is 1. The number of rotatable bonds is 4. The molecule has 2 aromatic heterocycles. The number of aliphatic hydroxyl groups is 1. The second-order valence-electron chi connectivity index (χ2n) is 8.74. The smallest absolute Gasteiger partial charge is 0.149 e. The summed E-state index contributed by atoms with van der Waals surface area (Å²) in [5.41, 5.74) is 7.97. The van der Waals surface area contributed by atoms with Gasteiger partial charge in [0.2, 0.25) is 0 Å². The van der Waals surface area contributed by atoms with Crippen molar-refractivity contribution in [2.24, 2.45) is 10.8 Å². The third-order valence-electron chi connectivity index (χ3n) is 7.45. The Balaban J connectivity index is 1.75. The molecule has 0 saturated carbocycles. The fourth-order valence-electron chi connectivity index (χ4n) is 5.73. The molecule has 3 aliphatic rings. The summed E-state index contributed by atoms with van der Waals surface area (Å²) in [5, 5.41) is 11.0. The first-order valence-electron chi connectivity index (χ1n) is 10.4. The zero-order chi connectivity index (χ0) is 21.1. The second kappa shape index (κ2) is 6.88. The van der Waals surface area contributed by atoms with Gasteiger partial charge < -0.3 is 29.6 Å². The lowest BCUT2D eigenvalue weighted by Gasteiger charge is -2.54. The second-order valence-corrected chi connectivity index (χ2v) is 8.74. The van der Waals surface area contributed by atoms with Gasteiger partial charge in [0.15, 0.2) is 0 Å². The van der Waals surface area contributed by atoms with Gasteiger partial charge in [-0.25, -0.2) is 9.97 Å². The van der Waals surface area contributed by atoms with Gasteiger partial charge in [-0.05, 0) is 24.1 Å². The molecule has 0 radical (unpaired) electrons. The predicted octanol–water partition coefficient (Wildman–Crippen LogP) is 2.35. The zero-order valence-electron chi connectivity index (χ0n) is 17.5. The predicted molar refractivity (Wildman–Crippen MR) is 112 cm³/mol. The maximum atomic E-state index is 10.2. The topological polar surface area (TPSA) is 105 Å². The van der Waals surface area contributed by atoms with E-state index in [4.69, 9.17) is 19.9 Å². The van der Waals surface area contributed by atoms with Crippen LogP contribution in [0.3, 0.4) is 0 Å². The number of nitrogens with two attached hydrogens (primary N) is 1. The van der Waals surface area contributed by atoms with Crippen molar-refractivity contribution in [3.63, 3.8) is 0 Å². The van der Waals surface area contributed by atoms with E-state index in [0.717, 1.165) is 28.7 Å². The first-order chi connectivity index (χ1) is 14.5. The highest BCUT2D eigenvalue weighted by Crippen LogP contribution is 2.61. The van der Waals surface area contributed by atoms with Gasteiger partial charge in [0.25, 0.3) is 0 Å². The molecular formula is C22H28N4O4. The molecule has 0 spiro atoms. The molecule has 0 amide bonds. The maximum absolute atomic E-state index is 10.2. The average Bonchev–Trinajstić information content (AvgIpc) is 3.44. The van der Waals surface area contributed by atoms with Crippen molar-refractivity contribution in [1.29, 1.82) is 0 Å². The molecule has 2 saturated heterocycles. The van der Waals surface area contributed by atoms with E-state index in [1.165, 1.54) is 6.33 Å². The molecule has 30 heavy (non-hydrogen) atoms. The molecule has 1 unspecified atom stereocenters. The van der Waals surface area contributed by atoms with Crippen molar-refractivity contribution in [3.05, 3.63) is 36.3 Å². The van der Waals surface area contributed by atoms with Gasteiger partial charge >= 0.3 is 0 Å². The van der Waals surface area contributed by atoms with E-state index in [0.29, 0.717) is 12.4 Å². The van der Waals surface area contributed by atoms with E-state index in [1.807, 2.05) is 18.3 Å². The molecule has 1 aliphatic carbocycles. The lowest BCUT2D eigenvalue weighted by molar-refractivity contribution is -0.102. The molecule has 4 atom stereocenters. The Hall–Kier alpha value is -2.26. The van der Waals surface area contributed by atoms with Crippen molar-refractivity contribution < 1.29 is 19.3 Å². The fourth-order valence-corrected chi connectivity index (χ4v) is 5.73. The molecule has 8 nitrogen and oxygen atoms in total. The highest BCUT2D eigenvalue weighted by atomic mass is 16.7. The SMILES string of the molecule is CCC1([C@H]2OC[C@H]3OCO[C@@H]32)C(n2ccc3c(N)ncnc32)=CC=C(CO)C1(C)C. The van der Waals surface area contributed by atoms with Crippen LogP contribution in [0.5, 0.6) is 0 Å². The van der Waals surface area contributed by atoms with Gasteiger partial charge in [-0.2, -0.15) is 0 Å². The third-order valence-corrected chi connectivity index (χ3v) is 7.45. The summed E-state index contributed by atoms with van der Waals surface area (Å²) >= 11 is 0. The Labute approximate surface area is 175 Å². The molecule has 2 aromatic rings. The molecule has 2 aliphatic heterocycles. The zero-order valence-corrected chi connectivity index (χ0v) is 17.5. The molecular weight excluding hydrogens is 384 g/mol. The van der Waals surface area contributed by atoms with Crippen LogP contribution in [0.2, 0.25) is 0 Å². The van der Waals surface area contributed by atoms with Crippen LogP contribution in [0.4, 0.5) is 5.82 Å². The van der Waals surface area contributed by atoms with Gasteiger partial charge in [-0.1, -0.05) is 26.8 Å². The van der Waals surface area contributed by atoms with Gasteiger partial charge in [0.1, 0.15) is 36.8 Å². The minimum Gasteiger partial charge on any atom is -0.392 e. The van der Waals surface area contributed by atoms with Gasteiger partial charge in [-0.15, -0.1) is 0 Å². The summed E-state index contributed by atoms with van der Waals surface area (Å²) in [6, 6.07) is 1.94. The molecule has 160 valence electrons. The Kier molecular flexibility index (Phi) is 4.52. The van der Waals surface area contributed by atoms with Gasteiger partial charge in [0, 0.05) is 22.7 Å². The van der Waals surface area contributed by atoms with Crippen molar-refractivity contribution in [2.45, 2.75) is 45.5 Å². The van der Waals surface area contributed by atoms with Crippen LogP contribution >= 0.6 is 0 Å². The summed E-state index contributed by atoms with van der Waals surface area (Å²) in [4.78, 5) is 8.65. The number of nitrogen functional groups attached to an aromatic ring is 1. The van der Waals surface area contributed by atoms with E-state index in [9.17, 15) is 5.11 Å². The number of nitrogens with zero attached hydrogens (tertiary/aromatic N) is 3. The van der Waals surface area contributed by atoms with E-state index < -0.39 is 10.8 Å². The Morgan fingerprint density at radius 2 is 2.07 bits per heavy atom. The van der Waals surface area contributed by atoms with Crippen LogP contribution < -0.4 is 5.73 Å². The number of aromatic nitrogens is 3. The van der Waals surface area contributed by atoms with E-state index in [2.05, 4.69) is 41.4 Å². The monoisotopic (exact) mass is 412 g/mol. The molecule has 0 aromatic carbocycles. The van der Waals surface area contributed by atoms with Crippen molar-refractivity contribution in [3.8, 4) is 0 Å². The summed E-state index contributed by atoms with van der Waals surface area (Å²) < 4.78 is 20.2. The van der Waals surface area contributed by atoms with Crippen LogP contribution in [0.1, 0.15) is 27.2 Å². The molecule has 8 heteroatoms.